The van der Waals surface area contributed by atoms with E-state index in [9.17, 15) is 9.59 Å². The fraction of sp³-hybridized carbons (Fsp3) is 0.353. The number of hydrogen-bond acceptors (Lipinski definition) is 7. The van der Waals surface area contributed by atoms with Crippen LogP contribution in [-0.2, 0) is 20.8 Å². The van der Waals surface area contributed by atoms with Crippen LogP contribution in [0.3, 0.4) is 0 Å². The number of thiophene rings is 1. The minimum Gasteiger partial charge on any atom is -0.452 e. The van der Waals surface area contributed by atoms with Gasteiger partial charge < -0.3 is 19.7 Å². The van der Waals surface area contributed by atoms with E-state index in [1.165, 1.54) is 6.20 Å². The van der Waals surface area contributed by atoms with Gasteiger partial charge in [0, 0.05) is 24.2 Å². The molecule has 1 aliphatic rings. The lowest BCUT2D eigenvalue weighted by molar-refractivity contribution is -0.124. The van der Waals surface area contributed by atoms with Crippen molar-refractivity contribution < 1.29 is 19.1 Å². The van der Waals surface area contributed by atoms with E-state index in [1.54, 1.807) is 23.5 Å². The Morgan fingerprint density at radius 1 is 1.28 bits per heavy atom. The second-order valence-electron chi connectivity index (χ2n) is 5.44. The number of ether oxygens (including phenoxy) is 2. The maximum atomic E-state index is 12.0. The molecule has 3 heterocycles. The van der Waals surface area contributed by atoms with Gasteiger partial charge in [0.25, 0.3) is 5.91 Å². The highest BCUT2D eigenvalue weighted by molar-refractivity contribution is 7.09. The van der Waals surface area contributed by atoms with Crippen molar-refractivity contribution in [2.75, 3.05) is 37.8 Å². The summed E-state index contributed by atoms with van der Waals surface area (Å²) in [5, 5.41) is 4.64. The van der Waals surface area contributed by atoms with Gasteiger partial charge in [-0.3, -0.25) is 4.79 Å². The predicted octanol–water partition coefficient (Wildman–Crippen LogP) is 1.45. The Kier molecular flexibility index (Phi) is 5.97. The summed E-state index contributed by atoms with van der Waals surface area (Å²) < 4.78 is 10.3. The average molecular weight is 361 g/mol. The number of amides is 1. The Morgan fingerprint density at radius 3 is 2.80 bits per heavy atom. The summed E-state index contributed by atoms with van der Waals surface area (Å²) in [4.78, 5) is 31.1. The standard InChI is InChI=1S/C17H19N3O4S/c21-16(19-11-14-2-1-9-25-14)12-24-17(22)13-3-4-15(18-10-13)20-5-7-23-8-6-20/h1-4,9-10H,5-8,11-12H2,(H,19,21). The highest BCUT2D eigenvalue weighted by atomic mass is 32.1. The van der Waals surface area contributed by atoms with Crippen LogP contribution >= 0.6 is 11.3 Å². The Bertz CT molecular complexity index is 697. The molecule has 0 saturated carbocycles. The minimum absolute atomic E-state index is 0.310. The van der Waals surface area contributed by atoms with Crippen LogP contribution in [0.2, 0.25) is 0 Å². The summed E-state index contributed by atoms with van der Waals surface area (Å²) in [6.07, 6.45) is 1.47. The number of anilines is 1. The van der Waals surface area contributed by atoms with E-state index in [1.807, 2.05) is 17.5 Å². The lowest BCUT2D eigenvalue weighted by Crippen LogP contribution is -2.36. The molecule has 0 spiro atoms. The quantitative estimate of drug-likeness (QED) is 0.785. The molecule has 1 amide bonds. The largest absolute Gasteiger partial charge is 0.452 e. The third kappa shape index (κ3) is 5.01. The number of rotatable bonds is 6. The first-order valence-corrected chi connectivity index (χ1v) is 8.85. The zero-order valence-electron chi connectivity index (χ0n) is 13.6. The Morgan fingerprint density at radius 2 is 2.12 bits per heavy atom. The van der Waals surface area contributed by atoms with Gasteiger partial charge >= 0.3 is 5.97 Å². The van der Waals surface area contributed by atoms with Gasteiger partial charge in [-0.25, -0.2) is 9.78 Å². The van der Waals surface area contributed by atoms with Crippen LogP contribution in [0.15, 0.2) is 35.8 Å². The third-order valence-corrected chi connectivity index (χ3v) is 4.57. The van der Waals surface area contributed by atoms with Crippen LogP contribution in [0.25, 0.3) is 0 Å². The Balaban J connectivity index is 1.45. The maximum absolute atomic E-state index is 12.0. The van der Waals surface area contributed by atoms with E-state index in [-0.39, 0.29) is 12.5 Å². The van der Waals surface area contributed by atoms with Gasteiger partial charge in [-0.2, -0.15) is 0 Å². The van der Waals surface area contributed by atoms with Crippen molar-refractivity contribution in [2.24, 2.45) is 0 Å². The van der Waals surface area contributed by atoms with Gasteiger partial charge in [0.05, 0.1) is 25.3 Å². The van der Waals surface area contributed by atoms with Crippen LogP contribution in [0.1, 0.15) is 15.2 Å². The molecule has 25 heavy (non-hydrogen) atoms. The second-order valence-corrected chi connectivity index (χ2v) is 6.47. The molecular weight excluding hydrogens is 342 g/mol. The van der Waals surface area contributed by atoms with Crippen molar-refractivity contribution in [3.8, 4) is 0 Å². The lowest BCUT2D eigenvalue weighted by atomic mass is 10.2. The summed E-state index contributed by atoms with van der Waals surface area (Å²) in [7, 11) is 0. The lowest BCUT2D eigenvalue weighted by Gasteiger charge is -2.27. The summed E-state index contributed by atoms with van der Waals surface area (Å²) in [5.74, 6) is -0.0968. The second kappa shape index (κ2) is 8.59. The molecule has 1 aliphatic heterocycles. The molecule has 7 nitrogen and oxygen atoms in total. The number of nitrogens with zero attached hydrogens (tertiary/aromatic N) is 2. The molecule has 0 aliphatic carbocycles. The zero-order valence-corrected chi connectivity index (χ0v) is 14.5. The van der Waals surface area contributed by atoms with Crippen molar-refractivity contribution in [1.29, 1.82) is 0 Å². The first kappa shape index (κ1) is 17.4. The van der Waals surface area contributed by atoms with Gasteiger partial charge in [-0.05, 0) is 23.6 Å². The number of carbonyl (C=O) groups excluding carboxylic acids is 2. The summed E-state index contributed by atoms with van der Waals surface area (Å²) >= 11 is 1.56. The molecule has 0 unspecified atom stereocenters. The third-order valence-electron chi connectivity index (χ3n) is 3.69. The fourth-order valence-electron chi connectivity index (χ4n) is 2.35. The van der Waals surface area contributed by atoms with Crippen LogP contribution in [0.5, 0.6) is 0 Å². The van der Waals surface area contributed by atoms with E-state index in [4.69, 9.17) is 9.47 Å². The molecule has 1 N–H and O–H groups in total. The summed E-state index contributed by atoms with van der Waals surface area (Å²) in [6.45, 7) is 3.03. The highest BCUT2D eigenvalue weighted by Crippen LogP contribution is 2.13. The number of nitrogens with one attached hydrogen (secondary N) is 1. The molecule has 132 valence electrons. The van der Waals surface area contributed by atoms with Crippen molar-refractivity contribution in [1.82, 2.24) is 10.3 Å². The number of aromatic nitrogens is 1. The van der Waals surface area contributed by atoms with Crippen LogP contribution < -0.4 is 10.2 Å². The van der Waals surface area contributed by atoms with Crippen molar-refractivity contribution in [3.05, 3.63) is 46.3 Å². The van der Waals surface area contributed by atoms with Gasteiger partial charge in [0.15, 0.2) is 6.61 Å². The molecule has 0 atom stereocenters. The fourth-order valence-corrected chi connectivity index (χ4v) is 3.00. The first-order chi connectivity index (χ1) is 12.2. The Labute approximate surface area is 149 Å². The van der Waals surface area contributed by atoms with Gasteiger partial charge in [0.2, 0.25) is 0 Å². The molecule has 3 rings (SSSR count). The van der Waals surface area contributed by atoms with Crippen molar-refractivity contribution in [2.45, 2.75) is 6.54 Å². The Hall–Kier alpha value is -2.45. The normalized spacial score (nSPS) is 14.2. The monoisotopic (exact) mass is 361 g/mol. The van der Waals surface area contributed by atoms with E-state index < -0.39 is 5.97 Å². The van der Waals surface area contributed by atoms with Crippen LogP contribution in [0, 0.1) is 0 Å². The molecule has 1 fully saturated rings. The molecule has 2 aromatic heterocycles. The molecule has 2 aromatic rings. The first-order valence-electron chi connectivity index (χ1n) is 7.97. The summed E-state index contributed by atoms with van der Waals surface area (Å²) in [6, 6.07) is 7.28. The maximum Gasteiger partial charge on any atom is 0.340 e. The van der Waals surface area contributed by atoms with Crippen molar-refractivity contribution in [3.63, 3.8) is 0 Å². The van der Waals surface area contributed by atoms with Crippen molar-refractivity contribution >= 4 is 29.0 Å². The van der Waals surface area contributed by atoms with Gasteiger partial charge in [-0.15, -0.1) is 11.3 Å². The topological polar surface area (TPSA) is 80.8 Å². The highest BCUT2D eigenvalue weighted by Gasteiger charge is 2.14. The summed E-state index contributed by atoms with van der Waals surface area (Å²) in [5.41, 5.74) is 0.322. The molecule has 0 aromatic carbocycles. The van der Waals surface area contributed by atoms with Gasteiger partial charge in [0.1, 0.15) is 5.82 Å². The average Bonchev–Trinajstić information content (AvgIpc) is 3.19. The van der Waals surface area contributed by atoms with E-state index >= 15 is 0 Å². The SMILES string of the molecule is O=C(COC(=O)c1ccc(N2CCOCC2)nc1)NCc1cccs1. The smallest absolute Gasteiger partial charge is 0.340 e. The molecule has 0 bridgehead atoms. The predicted molar refractivity (Wildman–Crippen MR) is 93.7 cm³/mol. The van der Waals surface area contributed by atoms with E-state index in [2.05, 4.69) is 15.2 Å². The van der Waals surface area contributed by atoms with Crippen LogP contribution in [-0.4, -0.2) is 49.8 Å². The number of pyridine rings is 1. The molecule has 8 heteroatoms. The van der Waals surface area contributed by atoms with Gasteiger partial charge in [-0.1, -0.05) is 6.07 Å². The number of hydrogen-bond donors (Lipinski definition) is 1. The number of morpholine rings is 1. The van der Waals surface area contributed by atoms with Crippen LogP contribution in [0.4, 0.5) is 5.82 Å². The molecular formula is C17H19N3O4S. The molecule has 0 radical (unpaired) electrons. The number of esters is 1. The van der Waals surface area contributed by atoms with E-state index in [0.29, 0.717) is 25.3 Å². The zero-order chi connectivity index (χ0) is 17.5. The molecule has 1 saturated heterocycles. The minimum atomic E-state index is -0.563. The van der Waals surface area contributed by atoms with E-state index in [0.717, 1.165) is 23.8 Å². The number of carbonyl (C=O) groups is 2.